The van der Waals surface area contributed by atoms with Gasteiger partial charge in [0, 0.05) is 24.1 Å². The van der Waals surface area contributed by atoms with E-state index >= 15 is 0 Å². The van der Waals surface area contributed by atoms with Crippen molar-refractivity contribution in [2.45, 2.75) is 38.3 Å². The van der Waals surface area contributed by atoms with Crippen LogP contribution in [0.3, 0.4) is 0 Å². The molecule has 2 N–H and O–H groups in total. The third-order valence-corrected chi connectivity index (χ3v) is 5.79. The second kappa shape index (κ2) is 7.58. The number of aromatic nitrogens is 3. The second-order valence-electron chi connectivity index (χ2n) is 6.86. The van der Waals surface area contributed by atoms with E-state index in [0.29, 0.717) is 22.4 Å². The van der Waals surface area contributed by atoms with Crippen LogP contribution in [0.15, 0.2) is 40.9 Å². The minimum atomic E-state index is -0.576. The smallest absolute Gasteiger partial charge is 0.273 e. The lowest BCUT2D eigenvalue weighted by molar-refractivity contribution is 0.0880. The summed E-state index contributed by atoms with van der Waals surface area (Å²) in [5, 5.41) is 26.1. The molecule has 0 unspecified atom stereocenters. The molecule has 0 radical (unpaired) electrons. The maximum absolute atomic E-state index is 12.4. The highest BCUT2D eigenvalue weighted by atomic mass is 32.1. The second-order valence-corrected chi connectivity index (χ2v) is 7.96. The quantitative estimate of drug-likeness (QED) is 0.677. The molecule has 4 rings (SSSR count). The monoisotopic (exact) mass is 384 g/mol. The van der Waals surface area contributed by atoms with Crippen LogP contribution in [0.2, 0.25) is 0 Å². The fraction of sp³-hybridized carbons (Fsp3) is 0.368. The van der Waals surface area contributed by atoms with E-state index in [2.05, 4.69) is 20.7 Å². The molecule has 3 aromatic rings. The van der Waals surface area contributed by atoms with Gasteiger partial charge in [-0.15, -0.1) is 10.2 Å². The van der Waals surface area contributed by atoms with Crippen molar-refractivity contribution in [3.05, 3.63) is 52.1 Å². The minimum Gasteiger partial charge on any atom is -0.386 e. The van der Waals surface area contributed by atoms with E-state index < -0.39 is 6.10 Å². The lowest BCUT2D eigenvalue weighted by Gasteiger charge is -2.35. The highest BCUT2D eigenvalue weighted by Gasteiger charge is 2.32. The first kappa shape index (κ1) is 17.8. The van der Waals surface area contributed by atoms with Crippen molar-refractivity contribution in [1.29, 1.82) is 0 Å². The SMILES string of the molecule is C[C@H](O)c1nnc(CC2CC(NC(=O)c3cc(-c4ccccc4)on3)C2)s1. The molecule has 27 heavy (non-hydrogen) atoms. The van der Waals surface area contributed by atoms with Crippen molar-refractivity contribution >= 4 is 17.2 Å². The van der Waals surface area contributed by atoms with E-state index in [4.69, 9.17) is 4.52 Å². The Kier molecular flexibility index (Phi) is 5.00. The number of carbonyl (C=O) groups excluding carboxylic acids is 1. The molecule has 2 aromatic heterocycles. The maximum atomic E-state index is 12.4. The van der Waals surface area contributed by atoms with Crippen LogP contribution < -0.4 is 5.32 Å². The van der Waals surface area contributed by atoms with E-state index in [9.17, 15) is 9.90 Å². The minimum absolute atomic E-state index is 0.142. The molecule has 1 atom stereocenters. The first-order chi connectivity index (χ1) is 13.1. The molecule has 0 saturated heterocycles. The highest BCUT2D eigenvalue weighted by molar-refractivity contribution is 7.11. The van der Waals surface area contributed by atoms with Crippen LogP contribution in [0.5, 0.6) is 0 Å². The van der Waals surface area contributed by atoms with Gasteiger partial charge in [-0.3, -0.25) is 4.79 Å². The zero-order valence-corrected chi connectivity index (χ0v) is 15.6. The Morgan fingerprint density at radius 1 is 1.33 bits per heavy atom. The summed E-state index contributed by atoms with van der Waals surface area (Å²) >= 11 is 1.45. The number of aliphatic hydroxyl groups is 1. The lowest BCUT2D eigenvalue weighted by Crippen LogP contribution is -2.45. The molecule has 1 aliphatic rings. The summed E-state index contributed by atoms with van der Waals surface area (Å²) in [4.78, 5) is 12.4. The molecule has 1 aromatic carbocycles. The summed E-state index contributed by atoms with van der Waals surface area (Å²) in [6.07, 6.45) is 2.06. The van der Waals surface area contributed by atoms with Gasteiger partial charge in [0.15, 0.2) is 11.5 Å². The van der Waals surface area contributed by atoms with E-state index in [-0.39, 0.29) is 11.9 Å². The molecule has 1 fully saturated rings. The van der Waals surface area contributed by atoms with Crippen LogP contribution in [0.1, 0.15) is 46.4 Å². The van der Waals surface area contributed by atoms with Crippen molar-refractivity contribution in [1.82, 2.24) is 20.7 Å². The fourth-order valence-electron chi connectivity index (χ4n) is 3.17. The lowest BCUT2D eigenvalue weighted by atomic mass is 9.78. The molecule has 7 nitrogen and oxygen atoms in total. The maximum Gasteiger partial charge on any atom is 0.273 e. The first-order valence-electron chi connectivity index (χ1n) is 8.92. The summed E-state index contributed by atoms with van der Waals surface area (Å²) in [6, 6.07) is 11.4. The third kappa shape index (κ3) is 4.06. The third-order valence-electron chi connectivity index (χ3n) is 4.68. The number of nitrogens with zero attached hydrogens (tertiary/aromatic N) is 3. The van der Waals surface area contributed by atoms with Crippen molar-refractivity contribution in [2.24, 2.45) is 5.92 Å². The Morgan fingerprint density at radius 2 is 2.11 bits per heavy atom. The van der Waals surface area contributed by atoms with Crippen molar-refractivity contribution in [3.8, 4) is 11.3 Å². The molecule has 2 heterocycles. The average Bonchev–Trinajstić information content (AvgIpc) is 3.30. The summed E-state index contributed by atoms with van der Waals surface area (Å²) in [7, 11) is 0. The van der Waals surface area contributed by atoms with E-state index in [1.807, 2.05) is 30.3 Å². The summed E-state index contributed by atoms with van der Waals surface area (Å²) in [5.41, 5.74) is 1.18. The molecular weight excluding hydrogens is 364 g/mol. The Labute approximate surface area is 160 Å². The molecule has 1 aliphatic carbocycles. The van der Waals surface area contributed by atoms with Gasteiger partial charge in [-0.05, 0) is 25.7 Å². The molecule has 8 heteroatoms. The van der Waals surface area contributed by atoms with Crippen molar-refractivity contribution < 1.29 is 14.4 Å². The topological polar surface area (TPSA) is 101 Å². The van der Waals surface area contributed by atoms with Crippen LogP contribution in [-0.4, -0.2) is 32.4 Å². The Hall–Kier alpha value is -2.58. The molecule has 140 valence electrons. The zero-order chi connectivity index (χ0) is 18.8. The van der Waals surface area contributed by atoms with Crippen LogP contribution in [-0.2, 0) is 6.42 Å². The number of hydrogen-bond donors (Lipinski definition) is 2. The van der Waals surface area contributed by atoms with Gasteiger partial charge >= 0.3 is 0 Å². The van der Waals surface area contributed by atoms with E-state index in [1.54, 1.807) is 13.0 Å². The largest absolute Gasteiger partial charge is 0.386 e. The number of aliphatic hydroxyl groups excluding tert-OH is 1. The molecule has 1 saturated carbocycles. The van der Waals surface area contributed by atoms with Gasteiger partial charge in [0.25, 0.3) is 5.91 Å². The van der Waals surface area contributed by atoms with Gasteiger partial charge in [-0.2, -0.15) is 0 Å². The average molecular weight is 384 g/mol. The zero-order valence-electron chi connectivity index (χ0n) is 14.8. The molecule has 0 bridgehead atoms. The van der Waals surface area contributed by atoms with E-state index in [0.717, 1.165) is 29.8 Å². The van der Waals surface area contributed by atoms with Gasteiger partial charge in [0.2, 0.25) is 0 Å². The van der Waals surface area contributed by atoms with Crippen molar-refractivity contribution in [2.75, 3.05) is 0 Å². The van der Waals surface area contributed by atoms with Gasteiger partial charge in [0.1, 0.15) is 16.1 Å². The molecule has 0 aliphatic heterocycles. The van der Waals surface area contributed by atoms with Gasteiger partial charge in [-0.25, -0.2) is 0 Å². The number of nitrogens with one attached hydrogen (secondary N) is 1. The predicted octanol–water partition coefficient (Wildman–Crippen LogP) is 3.00. The van der Waals surface area contributed by atoms with E-state index in [1.165, 1.54) is 11.3 Å². The fourth-order valence-corrected chi connectivity index (χ4v) is 4.06. The number of benzene rings is 1. The summed E-state index contributed by atoms with van der Waals surface area (Å²) < 4.78 is 5.28. The Morgan fingerprint density at radius 3 is 2.81 bits per heavy atom. The summed E-state index contributed by atoms with van der Waals surface area (Å²) in [6.45, 7) is 1.69. The predicted molar refractivity (Wildman–Crippen MR) is 100 cm³/mol. The van der Waals surface area contributed by atoms with Crippen LogP contribution in [0.4, 0.5) is 0 Å². The van der Waals surface area contributed by atoms with Crippen LogP contribution in [0, 0.1) is 5.92 Å². The standard InChI is InChI=1S/C19H20N4O3S/c1-11(24)19-22-21-17(27-19)9-12-7-14(8-12)20-18(25)15-10-16(26-23-15)13-5-3-2-4-6-13/h2-6,10-12,14,24H,7-9H2,1H3,(H,20,25)/t11-,12?,14?/m0/s1. The normalized spacial score (nSPS) is 20.1. The van der Waals surface area contributed by atoms with Crippen LogP contribution in [0.25, 0.3) is 11.3 Å². The van der Waals surface area contributed by atoms with Crippen LogP contribution >= 0.6 is 11.3 Å². The number of hydrogen-bond acceptors (Lipinski definition) is 7. The Bertz CT molecular complexity index is 916. The van der Waals surface area contributed by atoms with Gasteiger partial charge in [-0.1, -0.05) is 46.8 Å². The molecule has 1 amide bonds. The number of amides is 1. The molecular formula is C19H20N4O3S. The number of rotatable bonds is 6. The highest BCUT2D eigenvalue weighted by Crippen LogP contribution is 2.32. The van der Waals surface area contributed by atoms with Gasteiger partial charge in [0.05, 0.1) is 0 Å². The molecule has 0 spiro atoms. The summed E-state index contributed by atoms with van der Waals surface area (Å²) in [5.74, 6) is 0.844. The Balaban J connectivity index is 1.27. The number of carbonyl (C=O) groups is 1. The van der Waals surface area contributed by atoms with Gasteiger partial charge < -0.3 is 14.9 Å². The first-order valence-corrected chi connectivity index (χ1v) is 9.73. The van der Waals surface area contributed by atoms with Crippen molar-refractivity contribution in [3.63, 3.8) is 0 Å².